The Morgan fingerprint density at radius 2 is 2.00 bits per heavy atom. The molecule has 0 spiro atoms. The van der Waals surface area contributed by atoms with Crippen molar-refractivity contribution in [2.75, 3.05) is 32.0 Å². The smallest absolute Gasteiger partial charge is 0.340 e. The lowest BCUT2D eigenvalue weighted by Crippen LogP contribution is -2.42. The Morgan fingerprint density at radius 1 is 1.30 bits per heavy atom. The molecule has 0 bridgehead atoms. The van der Waals surface area contributed by atoms with Gasteiger partial charge in [0.2, 0.25) is 5.91 Å². The van der Waals surface area contributed by atoms with Gasteiger partial charge in [-0.1, -0.05) is 15.9 Å². The van der Waals surface area contributed by atoms with Crippen LogP contribution in [0, 0.1) is 0 Å². The van der Waals surface area contributed by atoms with Crippen LogP contribution in [0.3, 0.4) is 0 Å². The summed E-state index contributed by atoms with van der Waals surface area (Å²) in [5.41, 5.74) is 6.16. The van der Waals surface area contributed by atoms with Crippen LogP contribution in [-0.4, -0.2) is 48.9 Å². The zero-order chi connectivity index (χ0) is 17.4. The highest BCUT2D eigenvalue weighted by Gasteiger charge is 2.18. The SMILES string of the molecule is CCNC(=O)CN(CC)C(=O)COC(=O)c1cc(Br)ccc1N. The Morgan fingerprint density at radius 3 is 2.61 bits per heavy atom. The van der Waals surface area contributed by atoms with Gasteiger partial charge in [0.1, 0.15) is 0 Å². The van der Waals surface area contributed by atoms with Crippen molar-refractivity contribution in [2.45, 2.75) is 13.8 Å². The molecule has 0 saturated carbocycles. The van der Waals surface area contributed by atoms with Crippen molar-refractivity contribution in [1.82, 2.24) is 10.2 Å². The average molecular weight is 386 g/mol. The summed E-state index contributed by atoms with van der Waals surface area (Å²) in [4.78, 5) is 36.8. The molecule has 0 aliphatic carbocycles. The van der Waals surface area contributed by atoms with Crippen LogP contribution in [0.15, 0.2) is 22.7 Å². The van der Waals surface area contributed by atoms with E-state index in [9.17, 15) is 14.4 Å². The Bertz CT molecular complexity index is 592. The number of carbonyl (C=O) groups excluding carboxylic acids is 3. The first kappa shape index (κ1) is 19.0. The largest absolute Gasteiger partial charge is 0.452 e. The zero-order valence-corrected chi connectivity index (χ0v) is 14.7. The van der Waals surface area contributed by atoms with Gasteiger partial charge in [-0.2, -0.15) is 0 Å². The molecular formula is C15H20BrN3O4. The van der Waals surface area contributed by atoms with Crippen LogP contribution in [0.2, 0.25) is 0 Å². The summed E-state index contributed by atoms with van der Waals surface area (Å²) >= 11 is 3.24. The first-order chi connectivity index (χ1) is 10.9. The van der Waals surface area contributed by atoms with Gasteiger partial charge in [0, 0.05) is 23.2 Å². The molecule has 0 atom stereocenters. The molecule has 1 aromatic carbocycles. The molecule has 7 nitrogen and oxygen atoms in total. The third-order valence-electron chi connectivity index (χ3n) is 3.00. The maximum Gasteiger partial charge on any atom is 0.340 e. The van der Waals surface area contributed by atoms with Crippen molar-refractivity contribution in [1.29, 1.82) is 0 Å². The fraction of sp³-hybridized carbons (Fsp3) is 0.400. The molecule has 0 fully saturated rings. The molecular weight excluding hydrogens is 366 g/mol. The van der Waals surface area contributed by atoms with E-state index in [0.717, 1.165) is 0 Å². The van der Waals surface area contributed by atoms with Crippen molar-refractivity contribution in [2.24, 2.45) is 0 Å². The lowest BCUT2D eigenvalue weighted by atomic mass is 10.2. The van der Waals surface area contributed by atoms with Gasteiger partial charge >= 0.3 is 5.97 Å². The number of hydrogen-bond donors (Lipinski definition) is 2. The number of nitrogens with one attached hydrogen (secondary N) is 1. The number of hydrogen-bond acceptors (Lipinski definition) is 5. The lowest BCUT2D eigenvalue weighted by Gasteiger charge is -2.20. The van der Waals surface area contributed by atoms with Gasteiger partial charge in [-0.05, 0) is 32.0 Å². The van der Waals surface area contributed by atoms with Crippen molar-refractivity contribution in [3.05, 3.63) is 28.2 Å². The first-order valence-corrected chi connectivity index (χ1v) is 7.94. The number of anilines is 1. The third kappa shape index (κ3) is 5.90. The van der Waals surface area contributed by atoms with E-state index in [2.05, 4.69) is 21.2 Å². The summed E-state index contributed by atoms with van der Waals surface area (Å²) < 4.78 is 5.66. The predicted molar refractivity (Wildman–Crippen MR) is 89.8 cm³/mol. The van der Waals surface area contributed by atoms with E-state index in [1.807, 2.05) is 0 Å². The second kappa shape index (κ2) is 9.14. The molecule has 0 aliphatic heterocycles. The van der Waals surface area contributed by atoms with E-state index < -0.39 is 18.5 Å². The molecule has 1 aromatic rings. The number of halogens is 1. The number of benzene rings is 1. The van der Waals surface area contributed by atoms with Gasteiger partial charge < -0.3 is 20.7 Å². The summed E-state index contributed by atoms with van der Waals surface area (Å²) in [5, 5.41) is 2.61. The number of nitrogens with two attached hydrogens (primary N) is 1. The van der Waals surface area contributed by atoms with Crippen LogP contribution >= 0.6 is 15.9 Å². The fourth-order valence-electron chi connectivity index (χ4n) is 1.80. The molecule has 23 heavy (non-hydrogen) atoms. The lowest BCUT2D eigenvalue weighted by molar-refractivity contribution is -0.138. The van der Waals surface area contributed by atoms with Crippen LogP contribution in [0.5, 0.6) is 0 Å². The molecule has 126 valence electrons. The maximum atomic E-state index is 12.0. The molecule has 0 radical (unpaired) electrons. The van der Waals surface area contributed by atoms with E-state index in [1.54, 1.807) is 26.0 Å². The zero-order valence-electron chi connectivity index (χ0n) is 13.1. The number of amides is 2. The summed E-state index contributed by atoms with van der Waals surface area (Å²) in [6.45, 7) is 3.84. The van der Waals surface area contributed by atoms with Crippen molar-refractivity contribution < 1.29 is 19.1 Å². The molecule has 0 heterocycles. The second-order valence-corrected chi connectivity index (χ2v) is 5.58. The Kier molecular flexibility index (Phi) is 7.53. The fourth-order valence-corrected chi connectivity index (χ4v) is 2.17. The summed E-state index contributed by atoms with van der Waals surface area (Å²) in [6.07, 6.45) is 0. The van der Waals surface area contributed by atoms with E-state index in [0.29, 0.717) is 17.6 Å². The molecule has 8 heteroatoms. The number of nitrogen functional groups attached to an aromatic ring is 1. The predicted octanol–water partition coefficient (Wildman–Crippen LogP) is 1.17. The molecule has 3 N–H and O–H groups in total. The summed E-state index contributed by atoms with van der Waals surface area (Å²) in [7, 11) is 0. The summed E-state index contributed by atoms with van der Waals surface area (Å²) in [5.74, 6) is -1.39. The number of esters is 1. The topological polar surface area (TPSA) is 102 Å². The van der Waals surface area contributed by atoms with Gasteiger partial charge in [0.05, 0.1) is 12.1 Å². The highest BCUT2D eigenvalue weighted by Crippen LogP contribution is 2.19. The van der Waals surface area contributed by atoms with Gasteiger partial charge in [0.15, 0.2) is 6.61 Å². The van der Waals surface area contributed by atoms with Crippen molar-refractivity contribution >= 4 is 39.4 Å². The molecule has 0 aromatic heterocycles. The minimum absolute atomic E-state index is 0.0697. The normalized spacial score (nSPS) is 10.0. The van der Waals surface area contributed by atoms with Crippen molar-refractivity contribution in [3.63, 3.8) is 0 Å². The number of nitrogens with zero attached hydrogens (tertiary/aromatic N) is 1. The molecule has 0 aliphatic rings. The highest BCUT2D eigenvalue weighted by atomic mass is 79.9. The Labute approximate surface area is 143 Å². The molecule has 2 amide bonds. The first-order valence-electron chi connectivity index (χ1n) is 7.15. The minimum Gasteiger partial charge on any atom is -0.452 e. The van der Waals surface area contributed by atoms with E-state index >= 15 is 0 Å². The highest BCUT2D eigenvalue weighted by molar-refractivity contribution is 9.10. The van der Waals surface area contributed by atoms with Gasteiger partial charge in [-0.25, -0.2) is 4.79 Å². The third-order valence-corrected chi connectivity index (χ3v) is 3.50. The average Bonchev–Trinajstić information content (AvgIpc) is 2.52. The van der Waals surface area contributed by atoms with Crippen LogP contribution in [-0.2, 0) is 14.3 Å². The maximum absolute atomic E-state index is 12.0. The van der Waals surface area contributed by atoms with Crippen LogP contribution in [0.25, 0.3) is 0 Å². The number of rotatable bonds is 7. The molecule has 0 unspecified atom stereocenters. The van der Waals surface area contributed by atoms with Crippen LogP contribution in [0.4, 0.5) is 5.69 Å². The Balaban J connectivity index is 2.61. The van der Waals surface area contributed by atoms with Crippen LogP contribution in [0.1, 0.15) is 24.2 Å². The molecule has 0 saturated heterocycles. The second-order valence-electron chi connectivity index (χ2n) is 4.67. The van der Waals surface area contributed by atoms with E-state index in [-0.39, 0.29) is 23.7 Å². The van der Waals surface area contributed by atoms with Gasteiger partial charge in [-0.3, -0.25) is 9.59 Å². The number of ether oxygens (including phenoxy) is 1. The van der Waals surface area contributed by atoms with E-state index in [4.69, 9.17) is 10.5 Å². The van der Waals surface area contributed by atoms with Crippen molar-refractivity contribution in [3.8, 4) is 0 Å². The van der Waals surface area contributed by atoms with E-state index in [1.165, 1.54) is 11.0 Å². The van der Waals surface area contributed by atoms with Gasteiger partial charge in [0.25, 0.3) is 5.91 Å². The quantitative estimate of drug-likeness (QED) is 0.541. The Hall–Kier alpha value is -2.09. The van der Waals surface area contributed by atoms with Crippen LogP contribution < -0.4 is 11.1 Å². The summed E-state index contributed by atoms with van der Waals surface area (Å²) in [6, 6.07) is 4.78. The standard InChI is InChI=1S/C15H20BrN3O4/c1-3-18-13(20)8-19(4-2)14(21)9-23-15(22)11-7-10(16)5-6-12(11)17/h5-7H,3-4,8-9,17H2,1-2H3,(H,18,20). The number of likely N-dealkylation sites (N-methyl/N-ethyl adjacent to an activating group) is 2. The monoisotopic (exact) mass is 385 g/mol. The van der Waals surface area contributed by atoms with Gasteiger partial charge in [-0.15, -0.1) is 0 Å². The molecule has 1 rings (SSSR count). The minimum atomic E-state index is -0.689. The number of carbonyl (C=O) groups is 3.